The van der Waals surface area contributed by atoms with Crippen LogP contribution in [0.25, 0.3) is 0 Å². The molecule has 0 unspecified atom stereocenters. The van der Waals surface area contributed by atoms with Crippen LogP contribution in [0.3, 0.4) is 0 Å². The standard InChI is InChI=1S/C26H31NO7S/c1-4-32-24(28)26(25(29)33-5-2)23-21(12-9-17-34-23)22(19-10-7-6-8-11-19)27(26)35(30,31)20-15-13-18(3)14-16-20/h6-8,10-11,13-16,21-23H,4-5,9,12,17H2,1-3H3/t21-,22+,23+/m1/s1. The number of hydrogen-bond acceptors (Lipinski definition) is 7. The molecule has 0 N–H and O–H groups in total. The van der Waals surface area contributed by atoms with Gasteiger partial charge in [0.1, 0.15) is 6.10 Å². The van der Waals surface area contributed by atoms with Crippen molar-refractivity contribution >= 4 is 22.0 Å². The summed E-state index contributed by atoms with van der Waals surface area (Å²) in [5.41, 5.74) is -0.773. The molecule has 0 bridgehead atoms. The Morgan fingerprint density at radius 1 is 1.00 bits per heavy atom. The summed E-state index contributed by atoms with van der Waals surface area (Å²) in [7, 11) is -4.39. The minimum Gasteiger partial charge on any atom is -0.464 e. The molecule has 0 radical (unpaired) electrons. The Morgan fingerprint density at radius 2 is 1.60 bits per heavy atom. The molecule has 0 saturated carbocycles. The number of sulfonamides is 1. The second-order valence-electron chi connectivity index (χ2n) is 8.77. The van der Waals surface area contributed by atoms with E-state index in [1.807, 2.05) is 13.0 Å². The highest BCUT2D eigenvalue weighted by Gasteiger charge is 2.74. The summed E-state index contributed by atoms with van der Waals surface area (Å²) in [6, 6.07) is 14.5. The zero-order chi connectivity index (χ0) is 25.2. The molecule has 0 amide bonds. The Kier molecular flexibility index (Phi) is 7.30. The highest BCUT2D eigenvalue weighted by molar-refractivity contribution is 7.89. The maximum atomic E-state index is 14.4. The van der Waals surface area contributed by atoms with E-state index >= 15 is 0 Å². The molecule has 9 heteroatoms. The van der Waals surface area contributed by atoms with Crippen LogP contribution in [0.5, 0.6) is 0 Å². The van der Waals surface area contributed by atoms with Gasteiger partial charge in [-0.05, 0) is 51.3 Å². The average Bonchev–Trinajstić information content (AvgIpc) is 3.18. The Labute approximate surface area is 206 Å². The molecule has 2 aliphatic heterocycles. The topological polar surface area (TPSA) is 99.2 Å². The van der Waals surface area contributed by atoms with Crippen molar-refractivity contribution < 1.29 is 32.2 Å². The van der Waals surface area contributed by atoms with E-state index in [2.05, 4.69) is 0 Å². The van der Waals surface area contributed by atoms with Crippen molar-refractivity contribution in [1.82, 2.24) is 4.31 Å². The lowest BCUT2D eigenvalue weighted by Gasteiger charge is -2.38. The van der Waals surface area contributed by atoms with Gasteiger partial charge in [-0.1, -0.05) is 48.0 Å². The number of aryl methyl sites for hydroxylation is 1. The SMILES string of the molecule is CCOC(=O)C1(C(=O)OCC)[C@H]2OCCC[C@@H]2[C@H](c2ccccc2)N1S(=O)(=O)c1ccc(C)cc1. The third-order valence-corrected chi connectivity index (χ3v) is 8.58. The summed E-state index contributed by atoms with van der Waals surface area (Å²) >= 11 is 0. The minimum absolute atomic E-state index is 0.0272. The third-order valence-electron chi connectivity index (χ3n) is 6.68. The normalized spacial score (nSPS) is 23.9. The highest BCUT2D eigenvalue weighted by Crippen LogP contribution is 2.55. The summed E-state index contributed by atoms with van der Waals surface area (Å²) in [6.07, 6.45) is 0.190. The van der Waals surface area contributed by atoms with E-state index in [-0.39, 0.29) is 18.1 Å². The van der Waals surface area contributed by atoms with Gasteiger partial charge in [-0.2, -0.15) is 4.31 Å². The molecular weight excluding hydrogens is 470 g/mol. The molecule has 0 spiro atoms. The summed E-state index contributed by atoms with van der Waals surface area (Å²) in [4.78, 5) is 27.5. The second-order valence-corrected chi connectivity index (χ2v) is 10.6. The molecule has 2 fully saturated rings. The van der Waals surface area contributed by atoms with Gasteiger partial charge >= 0.3 is 11.9 Å². The Bertz CT molecular complexity index is 1150. The number of nitrogens with zero attached hydrogens (tertiary/aromatic N) is 1. The third kappa shape index (κ3) is 4.15. The van der Waals surface area contributed by atoms with Crippen molar-refractivity contribution in [3.63, 3.8) is 0 Å². The smallest absolute Gasteiger partial charge is 0.342 e. The lowest BCUT2D eigenvalue weighted by molar-refractivity contribution is -0.180. The quantitative estimate of drug-likeness (QED) is 0.424. The molecule has 0 aliphatic carbocycles. The number of ether oxygens (including phenoxy) is 3. The largest absolute Gasteiger partial charge is 0.464 e. The van der Waals surface area contributed by atoms with E-state index in [4.69, 9.17) is 14.2 Å². The van der Waals surface area contributed by atoms with Crippen LogP contribution in [0.15, 0.2) is 59.5 Å². The predicted molar refractivity (Wildman–Crippen MR) is 128 cm³/mol. The monoisotopic (exact) mass is 501 g/mol. The van der Waals surface area contributed by atoms with Gasteiger partial charge in [0.2, 0.25) is 10.0 Å². The van der Waals surface area contributed by atoms with Crippen LogP contribution in [0.4, 0.5) is 0 Å². The van der Waals surface area contributed by atoms with E-state index in [0.29, 0.717) is 25.0 Å². The number of esters is 2. The molecular formula is C26H31NO7S. The highest BCUT2D eigenvalue weighted by atomic mass is 32.2. The van der Waals surface area contributed by atoms with Crippen molar-refractivity contribution in [3.05, 3.63) is 65.7 Å². The van der Waals surface area contributed by atoms with Gasteiger partial charge in [0.05, 0.1) is 24.2 Å². The molecule has 2 aliphatic rings. The molecule has 8 nitrogen and oxygen atoms in total. The fourth-order valence-corrected chi connectivity index (χ4v) is 7.17. The van der Waals surface area contributed by atoms with Crippen LogP contribution in [0, 0.1) is 12.8 Å². The van der Waals surface area contributed by atoms with Gasteiger partial charge in [-0.15, -0.1) is 0 Å². The van der Waals surface area contributed by atoms with E-state index in [1.165, 1.54) is 12.1 Å². The molecule has 35 heavy (non-hydrogen) atoms. The zero-order valence-electron chi connectivity index (χ0n) is 20.2. The minimum atomic E-state index is -4.39. The van der Waals surface area contributed by atoms with Crippen LogP contribution in [-0.2, 0) is 33.8 Å². The Hall–Kier alpha value is -2.75. The van der Waals surface area contributed by atoms with Crippen LogP contribution in [-0.4, -0.2) is 56.1 Å². The van der Waals surface area contributed by atoms with E-state index in [9.17, 15) is 18.0 Å². The lowest BCUT2D eigenvalue weighted by Crippen LogP contribution is -2.66. The summed E-state index contributed by atoms with van der Waals surface area (Å²) in [5.74, 6) is -2.42. The number of carbonyl (C=O) groups excluding carboxylic acids is 2. The van der Waals surface area contributed by atoms with E-state index in [1.54, 1.807) is 50.2 Å². The molecule has 4 rings (SSSR count). The first kappa shape index (κ1) is 25.3. The fourth-order valence-electron chi connectivity index (χ4n) is 5.25. The van der Waals surface area contributed by atoms with Crippen LogP contribution in [0.2, 0.25) is 0 Å². The lowest BCUT2D eigenvalue weighted by atomic mass is 9.81. The van der Waals surface area contributed by atoms with E-state index < -0.39 is 45.6 Å². The van der Waals surface area contributed by atoms with Crippen molar-refractivity contribution in [2.75, 3.05) is 19.8 Å². The van der Waals surface area contributed by atoms with Crippen LogP contribution in [0.1, 0.15) is 43.9 Å². The molecule has 2 saturated heterocycles. The maximum absolute atomic E-state index is 14.4. The number of rotatable bonds is 7. The maximum Gasteiger partial charge on any atom is 0.342 e. The second kappa shape index (κ2) is 10.1. The zero-order valence-corrected chi connectivity index (χ0v) is 21.0. The molecule has 188 valence electrons. The van der Waals surface area contributed by atoms with Crippen LogP contribution < -0.4 is 0 Å². The van der Waals surface area contributed by atoms with Crippen molar-refractivity contribution in [2.24, 2.45) is 5.92 Å². The first-order valence-corrected chi connectivity index (χ1v) is 13.4. The fraction of sp³-hybridized carbons (Fsp3) is 0.462. The molecule has 2 aromatic rings. The van der Waals surface area contributed by atoms with Gasteiger partial charge < -0.3 is 14.2 Å². The molecule has 0 aromatic heterocycles. The Morgan fingerprint density at radius 3 is 2.17 bits per heavy atom. The van der Waals surface area contributed by atoms with Crippen LogP contribution >= 0.6 is 0 Å². The van der Waals surface area contributed by atoms with Gasteiger partial charge in [0.15, 0.2) is 0 Å². The average molecular weight is 502 g/mol. The Balaban J connectivity index is 2.05. The first-order chi connectivity index (χ1) is 16.8. The first-order valence-electron chi connectivity index (χ1n) is 11.9. The van der Waals surface area contributed by atoms with Crippen molar-refractivity contribution in [2.45, 2.75) is 56.2 Å². The van der Waals surface area contributed by atoms with Crippen molar-refractivity contribution in [1.29, 1.82) is 0 Å². The predicted octanol–water partition coefficient (Wildman–Crippen LogP) is 3.40. The van der Waals surface area contributed by atoms with Gasteiger partial charge in [-0.3, -0.25) is 0 Å². The number of hydrogen-bond donors (Lipinski definition) is 0. The summed E-state index contributed by atoms with van der Waals surface area (Å²) < 4.78 is 46.6. The number of benzene rings is 2. The summed E-state index contributed by atoms with van der Waals surface area (Å²) in [6.45, 7) is 5.29. The van der Waals surface area contributed by atoms with E-state index in [0.717, 1.165) is 9.87 Å². The van der Waals surface area contributed by atoms with Gasteiger partial charge in [-0.25, -0.2) is 18.0 Å². The van der Waals surface area contributed by atoms with Gasteiger partial charge in [0.25, 0.3) is 5.54 Å². The summed E-state index contributed by atoms with van der Waals surface area (Å²) in [5, 5.41) is 0. The number of carbonyl (C=O) groups is 2. The molecule has 2 heterocycles. The molecule has 2 aromatic carbocycles. The number of fused-ring (bicyclic) bond motifs is 1. The van der Waals surface area contributed by atoms with Gasteiger partial charge in [0, 0.05) is 12.5 Å². The van der Waals surface area contributed by atoms with Crippen molar-refractivity contribution in [3.8, 4) is 0 Å². The molecule has 3 atom stereocenters.